The van der Waals surface area contributed by atoms with Gasteiger partial charge in [-0.25, -0.2) is 4.79 Å². The van der Waals surface area contributed by atoms with E-state index in [-0.39, 0.29) is 6.61 Å². The van der Waals surface area contributed by atoms with Crippen molar-refractivity contribution in [1.29, 1.82) is 0 Å². The van der Waals surface area contributed by atoms with Crippen molar-refractivity contribution < 1.29 is 14.6 Å². The molecule has 0 spiro atoms. The Morgan fingerprint density at radius 2 is 2.05 bits per heavy atom. The SMILES string of the molecule is CCCC#C/C=C(\c1ccccc1)C(O)C(=O)OCC. The quantitative estimate of drug-likeness (QED) is 0.662. The number of allylic oxidation sites excluding steroid dienone is 1. The molecule has 0 aliphatic rings. The van der Waals surface area contributed by atoms with E-state index < -0.39 is 12.1 Å². The lowest BCUT2D eigenvalue weighted by Gasteiger charge is -2.13. The van der Waals surface area contributed by atoms with Crippen molar-refractivity contribution in [2.24, 2.45) is 0 Å². The van der Waals surface area contributed by atoms with E-state index in [0.717, 1.165) is 18.4 Å². The summed E-state index contributed by atoms with van der Waals surface area (Å²) in [5.74, 6) is 5.20. The third kappa shape index (κ3) is 4.91. The minimum absolute atomic E-state index is 0.236. The molecule has 1 N–H and O–H groups in total. The maximum atomic E-state index is 11.7. The highest BCUT2D eigenvalue weighted by atomic mass is 16.5. The maximum Gasteiger partial charge on any atom is 0.339 e. The first kappa shape index (κ1) is 16.0. The minimum Gasteiger partial charge on any atom is -0.464 e. The van der Waals surface area contributed by atoms with Gasteiger partial charge in [-0.15, -0.1) is 0 Å². The normalized spacial score (nSPS) is 12.2. The van der Waals surface area contributed by atoms with Gasteiger partial charge in [0.2, 0.25) is 0 Å². The Morgan fingerprint density at radius 1 is 1.35 bits per heavy atom. The van der Waals surface area contributed by atoms with Crippen LogP contribution in [-0.4, -0.2) is 23.8 Å². The molecule has 0 radical (unpaired) electrons. The van der Waals surface area contributed by atoms with Crippen molar-refractivity contribution >= 4 is 11.5 Å². The van der Waals surface area contributed by atoms with E-state index in [1.165, 1.54) is 0 Å². The van der Waals surface area contributed by atoms with Gasteiger partial charge in [0.15, 0.2) is 6.10 Å². The van der Waals surface area contributed by atoms with Gasteiger partial charge in [0.05, 0.1) is 6.61 Å². The molecule has 0 saturated heterocycles. The highest BCUT2D eigenvalue weighted by Gasteiger charge is 2.22. The van der Waals surface area contributed by atoms with E-state index in [4.69, 9.17) is 4.74 Å². The first-order valence-electron chi connectivity index (χ1n) is 6.79. The van der Waals surface area contributed by atoms with Gasteiger partial charge in [0, 0.05) is 12.0 Å². The fourth-order valence-corrected chi connectivity index (χ4v) is 1.62. The number of unbranched alkanes of at least 4 members (excludes halogenated alkanes) is 1. The predicted molar refractivity (Wildman–Crippen MR) is 79.7 cm³/mol. The Morgan fingerprint density at radius 3 is 2.65 bits per heavy atom. The van der Waals surface area contributed by atoms with E-state index in [0.29, 0.717) is 5.57 Å². The Balaban J connectivity index is 3.03. The molecule has 0 heterocycles. The third-order valence-corrected chi connectivity index (χ3v) is 2.62. The number of benzene rings is 1. The summed E-state index contributed by atoms with van der Waals surface area (Å²) in [5.41, 5.74) is 1.23. The first-order valence-corrected chi connectivity index (χ1v) is 6.79. The highest BCUT2D eigenvalue weighted by Crippen LogP contribution is 2.19. The van der Waals surface area contributed by atoms with E-state index in [1.807, 2.05) is 37.3 Å². The number of esters is 1. The van der Waals surface area contributed by atoms with Crippen LogP contribution in [0.25, 0.3) is 5.57 Å². The topological polar surface area (TPSA) is 46.5 Å². The Kier molecular flexibility index (Phi) is 7.16. The zero-order valence-corrected chi connectivity index (χ0v) is 11.9. The average Bonchev–Trinajstić information content (AvgIpc) is 2.48. The summed E-state index contributed by atoms with van der Waals surface area (Å²) in [6, 6.07) is 9.23. The van der Waals surface area contributed by atoms with Crippen LogP contribution in [0.4, 0.5) is 0 Å². The molecule has 3 nitrogen and oxygen atoms in total. The largest absolute Gasteiger partial charge is 0.464 e. The van der Waals surface area contributed by atoms with E-state index >= 15 is 0 Å². The number of ether oxygens (including phenoxy) is 1. The molecule has 3 heteroatoms. The molecule has 0 bridgehead atoms. The fourth-order valence-electron chi connectivity index (χ4n) is 1.62. The van der Waals surface area contributed by atoms with Gasteiger partial charge in [0.25, 0.3) is 0 Å². The molecule has 20 heavy (non-hydrogen) atoms. The van der Waals surface area contributed by atoms with Gasteiger partial charge in [0.1, 0.15) is 0 Å². The summed E-state index contributed by atoms with van der Waals surface area (Å²) in [5, 5.41) is 10.1. The van der Waals surface area contributed by atoms with Crippen molar-refractivity contribution in [3.05, 3.63) is 42.0 Å². The van der Waals surface area contributed by atoms with Gasteiger partial charge in [-0.05, 0) is 25.0 Å². The molecule has 1 aromatic carbocycles. The van der Waals surface area contributed by atoms with Crippen LogP contribution in [0.2, 0.25) is 0 Å². The minimum atomic E-state index is -1.31. The number of carbonyl (C=O) groups excluding carboxylic acids is 1. The summed E-state index contributed by atoms with van der Waals surface area (Å²) in [6.45, 7) is 3.99. The number of hydrogen-bond acceptors (Lipinski definition) is 3. The smallest absolute Gasteiger partial charge is 0.339 e. The van der Waals surface area contributed by atoms with Crippen molar-refractivity contribution in [3.8, 4) is 11.8 Å². The van der Waals surface area contributed by atoms with Crippen molar-refractivity contribution in [2.75, 3.05) is 6.61 Å². The maximum absolute atomic E-state index is 11.7. The molecule has 0 amide bonds. The first-order chi connectivity index (χ1) is 9.70. The van der Waals surface area contributed by atoms with E-state index in [1.54, 1.807) is 13.0 Å². The highest BCUT2D eigenvalue weighted by molar-refractivity contribution is 5.91. The number of carbonyl (C=O) groups is 1. The monoisotopic (exact) mass is 272 g/mol. The van der Waals surface area contributed by atoms with Gasteiger partial charge >= 0.3 is 5.97 Å². The third-order valence-electron chi connectivity index (χ3n) is 2.62. The molecule has 1 aromatic rings. The van der Waals surface area contributed by atoms with Crippen molar-refractivity contribution in [3.63, 3.8) is 0 Å². The van der Waals surface area contributed by atoms with Crippen LogP contribution in [0.5, 0.6) is 0 Å². The van der Waals surface area contributed by atoms with Crippen LogP contribution in [0, 0.1) is 11.8 Å². The van der Waals surface area contributed by atoms with Gasteiger partial charge in [-0.1, -0.05) is 49.1 Å². The lowest BCUT2D eigenvalue weighted by Crippen LogP contribution is -2.24. The molecule has 1 atom stereocenters. The Hall–Kier alpha value is -2.05. The molecule has 0 aliphatic carbocycles. The summed E-state index contributed by atoms with van der Waals surface area (Å²) in [7, 11) is 0. The van der Waals surface area contributed by atoms with Crippen LogP contribution in [0.3, 0.4) is 0 Å². The van der Waals surface area contributed by atoms with Crippen LogP contribution in [0.15, 0.2) is 36.4 Å². The summed E-state index contributed by atoms with van der Waals surface area (Å²) < 4.78 is 4.86. The molecule has 0 fully saturated rings. The van der Waals surface area contributed by atoms with Crippen LogP contribution < -0.4 is 0 Å². The van der Waals surface area contributed by atoms with Crippen molar-refractivity contribution in [1.82, 2.24) is 0 Å². The van der Waals surface area contributed by atoms with Gasteiger partial charge < -0.3 is 9.84 Å². The van der Waals surface area contributed by atoms with E-state index in [9.17, 15) is 9.90 Å². The van der Waals surface area contributed by atoms with Crippen LogP contribution in [-0.2, 0) is 9.53 Å². The van der Waals surface area contributed by atoms with E-state index in [2.05, 4.69) is 11.8 Å². The average molecular weight is 272 g/mol. The molecule has 1 rings (SSSR count). The zero-order valence-electron chi connectivity index (χ0n) is 11.9. The number of aliphatic hydroxyl groups is 1. The number of hydrogen-bond donors (Lipinski definition) is 1. The zero-order chi connectivity index (χ0) is 14.8. The molecule has 0 saturated carbocycles. The standard InChI is InChI=1S/C17H20O3/c1-3-5-6-10-13-15(14-11-8-7-9-12-14)16(18)17(19)20-4-2/h7-9,11-13,16,18H,3-5H2,1-2H3/b15-13+. The van der Waals surface area contributed by atoms with Crippen LogP contribution >= 0.6 is 0 Å². The summed E-state index contributed by atoms with van der Waals surface area (Å²) in [4.78, 5) is 11.7. The molecule has 0 aliphatic heterocycles. The number of aliphatic hydroxyl groups excluding tert-OH is 1. The number of rotatable bonds is 5. The molecular formula is C17H20O3. The molecule has 1 unspecified atom stereocenters. The summed E-state index contributed by atoms with van der Waals surface area (Å²) >= 11 is 0. The second-order valence-electron chi connectivity index (χ2n) is 4.19. The Bertz CT molecular complexity index is 506. The molecule has 106 valence electrons. The van der Waals surface area contributed by atoms with Crippen molar-refractivity contribution in [2.45, 2.75) is 32.8 Å². The van der Waals surface area contributed by atoms with Gasteiger partial charge in [-0.2, -0.15) is 0 Å². The summed E-state index contributed by atoms with van der Waals surface area (Å²) in [6.07, 6.45) is 2.04. The van der Waals surface area contributed by atoms with Gasteiger partial charge in [-0.3, -0.25) is 0 Å². The second kappa shape index (κ2) is 8.95. The Labute approximate surface area is 120 Å². The van der Waals surface area contributed by atoms with Crippen LogP contribution in [0.1, 0.15) is 32.3 Å². The second-order valence-corrected chi connectivity index (χ2v) is 4.19. The lowest BCUT2D eigenvalue weighted by molar-refractivity contribution is -0.149. The molecular weight excluding hydrogens is 252 g/mol. The molecule has 0 aromatic heterocycles. The predicted octanol–water partition coefficient (Wildman–Crippen LogP) is 2.80. The fraction of sp³-hybridized carbons (Fsp3) is 0.353. The lowest BCUT2D eigenvalue weighted by atomic mass is 10.00.